The lowest BCUT2D eigenvalue weighted by molar-refractivity contribution is 1.17. The Kier molecular flexibility index (Phi) is 2.45. The fraction of sp³-hybridized carbons (Fsp3) is 0.167. The first-order valence-corrected chi connectivity index (χ1v) is 3.57. The largest absolute Gasteiger partial charge is 0.110 e. The van der Waals surface area contributed by atoms with Crippen molar-refractivity contribution in [2.24, 2.45) is 0 Å². The van der Waals surface area contributed by atoms with E-state index in [0.29, 0.717) is 16.8 Å². The standard InChI is InChI=1S/C6H4Cl3/c7-4-1-2-5(8)6(9)3-4/h1-2H,3H2. The molecule has 0 spiro atoms. The van der Waals surface area contributed by atoms with Crippen LogP contribution in [-0.4, -0.2) is 0 Å². The Balaban J connectivity index is 2.74. The Morgan fingerprint density at radius 3 is 2.22 bits per heavy atom. The van der Waals surface area contributed by atoms with Gasteiger partial charge in [-0.1, -0.05) is 23.2 Å². The SMILES string of the molecule is Cl[C]1CC(Cl)=CC=C1Cl. The minimum Gasteiger partial charge on any atom is -0.110 e. The molecule has 0 bridgehead atoms. The van der Waals surface area contributed by atoms with Crippen molar-refractivity contribution in [2.75, 3.05) is 0 Å². The molecule has 0 nitrogen and oxygen atoms in total. The van der Waals surface area contributed by atoms with Crippen molar-refractivity contribution in [3.63, 3.8) is 0 Å². The van der Waals surface area contributed by atoms with E-state index in [4.69, 9.17) is 34.8 Å². The number of hydrogen-bond donors (Lipinski definition) is 0. The molecule has 0 aromatic heterocycles. The highest BCUT2D eigenvalue weighted by atomic mass is 35.5. The van der Waals surface area contributed by atoms with Crippen molar-refractivity contribution in [1.29, 1.82) is 0 Å². The third-order valence-corrected chi connectivity index (χ3v) is 2.04. The molecule has 0 fully saturated rings. The normalized spacial score (nSPS) is 21.2. The molecule has 0 saturated carbocycles. The quantitative estimate of drug-likeness (QED) is 0.539. The van der Waals surface area contributed by atoms with Crippen molar-refractivity contribution in [3.8, 4) is 0 Å². The number of halogens is 3. The second-order valence-electron chi connectivity index (χ2n) is 1.71. The summed E-state index contributed by atoms with van der Waals surface area (Å²) in [6.07, 6.45) is 4.00. The molecule has 0 unspecified atom stereocenters. The smallest absolute Gasteiger partial charge is 0.109 e. The maximum absolute atomic E-state index is 5.65. The van der Waals surface area contributed by atoms with E-state index in [2.05, 4.69) is 0 Å². The third-order valence-electron chi connectivity index (χ3n) is 0.994. The zero-order valence-corrected chi connectivity index (χ0v) is 6.76. The first-order valence-electron chi connectivity index (χ1n) is 2.43. The van der Waals surface area contributed by atoms with E-state index in [0.717, 1.165) is 5.03 Å². The second-order valence-corrected chi connectivity index (χ2v) is 3.06. The number of rotatable bonds is 0. The van der Waals surface area contributed by atoms with Crippen molar-refractivity contribution < 1.29 is 0 Å². The zero-order chi connectivity index (χ0) is 6.85. The van der Waals surface area contributed by atoms with Crippen LogP contribution >= 0.6 is 34.8 Å². The van der Waals surface area contributed by atoms with Crippen LogP contribution in [0.15, 0.2) is 22.2 Å². The van der Waals surface area contributed by atoms with E-state index in [9.17, 15) is 0 Å². The molecule has 1 radical (unpaired) electrons. The van der Waals surface area contributed by atoms with Gasteiger partial charge in [-0.2, -0.15) is 0 Å². The van der Waals surface area contributed by atoms with Gasteiger partial charge >= 0.3 is 0 Å². The van der Waals surface area contributed by atoms with Gasteiger partial charge in [-0.25, -0.2) is 0 Å². The molecule has 0 heterocycles. The van der Waals surface area contributed by atoms with Gasteiger partial charge in [0.05, 0.1) is 0 Å². The fourth-order valence-corrected chi connectivity index (χ4v) is 1.15. The molecule has 0 saturated heterocycles. The van der Waals surface area contributed by atoms with Gasteiger partial charge in [0.1, 0.15) is 5.38 Å². The summed E-state index contributed by atoms with van der Waals surface area (Å²) in [7, 11) is 0. The molecule has 1 aliphatic carbocycles. The summed E-state index contributed by atoms with van der Waals surface area (Å²) in [6.45, 7) is 0. The van der Waals surface area contributed by atoms with Crippen molar-refractivity contribution in [3.05, 3.63) is 27.6 Å². The van der Waals surface area contributed by atoms with Gasteiger partial charge in [0.15, 0.2) is 0 Å². The van der Waals surface area contributed by atoms with E-state index in [-0.39, 0.29) is 0 Å². The summed E-state index contributed by atoms with van der Waals surface area (Å²) >= 11 is 16.9. The number of allylic oxidation sites excluding steroid dienone is 4. The predicted octanol–water partition coefficient (Wildman–Crippen LogP) is 3.41. The van der Waals surface area contributed by atoms with Gasteiger partial charge in [-0.15, -0.1) is 11.6 Å². The van der Waals surface area contributed by atoms with Crippen LogP contribution in [-0.2, 0) is 0 Å². The molecule has 0 aliphatic heterocycles. The van der Waals surface area contributed by atoms with E-state index >= 15 is 0 Å². The maximum atomic E-state index is 5.65. The average molecular weight is 182 g/mol. The van der Waals surface area contributed by atoms with Gasteiger partial charge in [-0.05, 0) is 12.2 Å². The summed E-state index contributed by atoms with van der Waals surface area (Å²) in [6, 6.07) is 0. The lowest BCUT2D eigenvalue weighted by Crippen LogP contribution is -1.92. The van der Waals surface area contributed by atoms with Gasteiger partial charge in [0.25, 0.3) is 0 Å². The molecule has 0 aromatic carbocycles. The molecule has 0 atom stereocenters. The van der Waals surface area contributed by atoms with E-state index < -0.39 is 0 Å². The maximum Gasteiger partial charge on any atom is 0.109 e. The Labute approximate surface area is 69.1 Å². The Morgan fingerprint density at radius 2 is 1.78 bits per heavy atom. The van der Waals surface area contributed by atoms with Gasteiger partial charge in [0.2, 0.25) is 0 Å². The Bertz CT molecular complexity index is 169. The van der Waals surface area contributed by atoms with Crippen LogP contribution in [0.1, 0.15) is 6.42 Å². The minimum atomic E-state index is 0.568. The molecule has 1 rings (SSSR count). The lowest BCUT2D eigenvalue weighted by atomic mass is 10.2. The highest BCUT2D eigenvalue weighted by Gasteiger charge is 2.14. The summed E-state index contributed by atoms with van der Waals surface area (Å²) in [5.74, 6) is 0. The molecule has 9 heavy (non-hydrogen) atoms. The molecular formula is C6H4Cl3. The Hall–Kier alpha value is 0.350. The molecule has 0 aromatic rings. The van der Waals surface area contributed by atoms with E-state index in [1.165, 1.54) is 0 Å². The monoisotopic (exact) mass is 181 g/mol. The van der Waals surface area contributed by atoms with Crippen molar-refractivity contribution in [1.82, 2.24) is 0 Å². The zero-order valence-electron chi connectivity index (χ0n) is 4.50. The highest BCUT2D eigenvalue weighted by Crippen LogP contribution is 2.33. The highest BCUT2D eigenvalue weighted by molar-refractivity contribution is 6.43. The second kappa shape index (κ2) is 2.96. The first kappa shape index (κ1) is 7.46. The minimum absolute atomic E-state index is 0.568. The topological polar surface area (TPSA) is 0 Å². The van der Waals surface area contributed by atoms with E-state index in [1.54, 1.807) is 12.2 Å². The van der Waals surface area contributed by atoms with Crippen LogP contribution in [0, 0.1) is 5.38 Å². The molecule has 49 valence electrons. The first-order chi connectivity index (χ1) is 4.20. The molecule has 0 amide bonds. The van der Waals surface area contributed by atoms with Crippen LogP contribution in [0.4, 0.5) is 0 Å². The van der Waals surface area contributed by atoms with Crippen LogP contribution in [0.5, 0.6) is 0 Å². The predicted molar refractivity (Wildman–Crippen MR) is 41.6 cm³/mol. The summed E-state index contributed by atoms with van der Waals surface area (Å²) < 4.78 is 0. The fourth-order valence-electron chi connectivity index (χ4n) is 0.546. The average Bonchev–Trinajstić information content (AvgIpc) is 1.80. The van der Waals surface area contributed by atoms with Crippen molar-refractivity contribution >= 4 is 34.8 Å². The molecule has 3 heteroatoms. The van der Waals surface area contributed by atoms with Crippen LogP contribution in [0.25, 0.3) is 0 Å². The Morgan fingerprint density at radius 1 is 1.11 bits per heavy atom. The van der Waals surface area contributed by atoms with Crippen LogP contribution < -0.4 is 0 Å². The summed E-state index contributed by atoms with van der Waals surface area (Å²) in [4.78, 5) is 0. The molecular weight excluding hydrogens is 178 g/mol. The number of hydrogen-bond acceptors (Lipinski definition) is 0. The van der Waals surface area contributed by atoms with Crippen LogP contribution in [0.3, 0.4) is 0 Å². The third kappa shape index (κ3) is 1.89. The van der Waals surface area contributed by atoms with E-state index in [1.807, 2.05) is 0 Å². The molecule has 1 aliphatic rings. The van der Waals surface area contributed by atoms with Gasteiger partial charge < -0.3 is 0 Å². The molecule has 0 N–H and O–H groups in total. The van der Waals surface area contributed by atoms with Crippen LogP contribution in [0.2, 0.25) is 0 Å². The van der Waals surface area contributed by atoms with Crippen molar-refractivity contribution in [2.45, 2.75) is 6.42 Å². The lowest BCUT2D eigenvalue weighted by Gasteiger charge is -2.09. The van der Waals surface area contributed by atoms with Gasteiger partial charge in [-0.3, -0.25) is 0 Å². The summed E-state index contributed by atoms with van der Waals surface area (Å²) in [5, 5.41) is 1.93. The van der Waals surface area contributed by atoms with Gasteiger partial charge in [0, 0.05) is 16.5 Å². The summed E-state index contributed by atoms with van der Waals surface area (Å²) in [5.41, 5.74) is 0.